The topological polar surface area (TPSA) is 15.3 Å². The van der Waals surface area contributed by atoms with Crippen molar-refractivity contribution in [2.45, 2.75) is 73.0 Å². The van der Waals surface area contributed by atoms with Crippen LogP contribution in [0.1, 0.15) is 59.1 Å². The highest BCUT2D eigenvalue weighted by Crippen LogP contribution is 2.22. The van der Waals surface area contributed by atoms with Crippen molar-refractivity contribution in [3.63, 3.8) is 0 Å². The van der Waals surface area contributed by atoms with Gasteiger partial charge in [0.05, 0.1) is 0 Å². The number of hydrogen-bond acceptors (Lipinski definition) is 2. The summed E-state index contributed by atoms with van der Waals surface area (Å²) < 4.78 is 0. The fraction of sp³-hybridized carbons (Fsp3) is 0.667. The Morgan fingerprint density at radius 3 is 2.30 bits per heavy atom. The highest BCUT2D eigenvalue weighted by Gasteiger charge is 2.12. The molecule has 1 rings (SSSR count). The molecule has 0 saturated heterocycles. The molecular weight excluding hydrogens is 244 g/mol. The third-order valence-electron chi connectivity index (χ3n) is 3.55. The van der Waals surface area contributed by atoms with Crippen LogP contribution in [0.15, 0.2) is 18.2 Å². The monoisotopic (exact) mass is 276 g/mol. The molecule has 0 aromatic heterocycles. The van der Waals surface area contributed by atoms with Gasteiger partial charge in [0.15, 0.2) is 0 Å². The van der Waals surface area contributed by atoms with Crippen molar-refractivity contribution >= 4 is 5.69 Å². The standard InChI is InChI=1S/C18H32N2/c1-8-11-20(14(2)3)17-10-9-16(15(4)12-17)13-19-18(5,6)7/h9-10,12,14,19H,8,11,13H2,1-7H3. The number of nitrogens with zero attached hydrogens (tertiary/aromatic N) is 1. The van der Waals surface area contributed by atoms with E-state index in [1.54, 1.807) is 0 Å². The van der Waals surface area contributed by atoms with Gasteiger partial charge in [-0.1, -0.05) is 13.0 Å². The maximum absolute atomic E-state index is 3.56. The summed E-state index contributed by atoms with van der Waals surface area (Å²) >= 11 is 0. The first kappa shape index (κ1) is 17.0. The Labute approximate surface area is 125 Å². The highest BCUT2D eigenvalue weighted by molar-refractivity contribution is 5.51. The lowest BCUT2D eigenvalue weighted by molar-refractivity contribution is 0.424. The molecular formula is C18H32N2. The maximum Gasteiger partial charge on any atom is 0.0371 e. The van der Waals surface area contributed by atoms with Gasteiger partial charge in [0.1, 0.15) is 0 Å². The van der Waals surface area contributed by atoms with Gasteiger partial charge in [0.25, 0.3) is 0 Å². The Hall–Kier alpha value is -1.02. The van der Waals surface area contributed by atoms with Crippen LogP contribution < -0.4 is 10.2 Å². The third-order valence-corrected chi connectivity index (χ3v) is 3.55. The molecule has 0 radical (unpaired) electrons. The summed E-state index contributed by atoms with van der Waals surface area (Å²) in [7, 11) is 0. The second-order valence-electron chi connectivity index (χ2n) is 7.00. The van der Waals surface area contributed by atoms with Crippen molar-refractivity contribution < 1.29 is 0 Å². The molecule has 0 saturated carbocycles. The zero-order valence-corrected chi connectivity index (χ0v) is 14.4. The number of aryl methyl sites for hydroxylation is 1. The van der Waals surface area contributed by atoms with Gasteiger partial charge >= 0.3 is 0 Å². The largest absolute Gasteiger partial charge is 0.369 e. The van der Waals surface area contributed by atoms with Crippen LogP contribution in [0, 0.1) is 6.92 Å². The Morgan fingerprint density at radius 2 is 1.85 bits per heavy atom. The van der Waals surface area contributed by atoms with Crippen LogP contribution in [0.5, 0.6) is 0 Å². The zero-order chi connectivity index (χ0) is 15.3. The predicted molar refractivity (Wildman–Crippen MR) is 90.5 cm³/mol. The van der Waals surface area contributed by atoms with Gasteiger partial charge in [-0.25, -0.2) is 0 Å². The quantitative estimate of drug-likeness (QED) is 0.822. The molecule has 0 bridgehead atoms. The smallest absolute Gasteiger partial charge is 0.0371 e. The average Bonchev–Trinajstić information content (AvgIpc) is 2.33. The molecule has 0 spiro atoms. The van der Waals surface area contributed by atoms with Crippen molar-refractivity contribution in [3.05, 3.63) is 29.3 Å². The van der Waals surface area contributed by atoms with Gasteiger partial charge < -0.3 is 10.2 Å². The van der Waals surface area contributed by atoms with E-state index in [1.807, 2.05) is 0 Å². The number of hydrogen-bond donors (Lipinski definition) is 1. The van der Waals surface area contributed by atoms with E-state index in [0.29, 0.717) is 6.04 Å². The van der Waals surface area contributed by atoms with E-state index in [9.17, 15) is 0 Å². The molecule has 114 valence electrons. The predicted octanol–water partition coefficient (Wildman–Crippen LogP) is 4.51. The molecule has 1 aromatic rings. The van der Waals surface area contributed by atoms with Crippen molar-refractivity contribution in [2.75, 3.05) is 11.4 Å². The van der Waals surface area contributed by atoms with E-state index < -0.39 is 0 Å². The lowest BCUT2D eigenvalue weighted by Gasteiger charge is -2.29. The third kappa shape index (κ3) is 5.16. The summed E-state index contributed by atoms with van der Waals surface area (Å²) in [6, 6.07) is 7.42. The van der Waals surface area contributed by atoms with E-state index in [4.69, 9.17) is 0 Å². The second-order valence-corrected chi connectivity index (χ2v) is 7.00. The molecule has 20 heavy (non-hydrogen) atoms. The van der Waals surface area contributed by atoms with Crippen LogP contribution in [0.25, 0.3) is 0 Å². The fourth-order valence-corrected chi connectivity index (χ4v) is 2.34. The van der Waals surface area contributed by atoms with Gasteiger partial charge in [-0.2, -0.15) is 0 Å². The Balaban J connectivity index is 2.86. The van der Waals surface area contributed by atoms with Gasteiger partial charge in [0, 0.05) is 30.4 Å². The minimum absolute atomic E-state index is 0.164. The molecule has 0 aliphatic rings. The van der Waals surface area contributed by atoms with Crippen LogP contribution in [0.4, 0.5) is 5.69 Å². The molecule has 0 aliphatic heterocycles. The molecule has 0 amide bonds. The molecule has 0 fully saturated rings. The first-order valence-corrected chi connectivity index (χ1v) is 7.85. The lowest BCUT2D eigenvalue weighted by Crippen LogP contribution is -2.35. The van der Waals surface area contributed by atoms with Crippen LogP contribution >= 0.6 is 0 Å². The normalized spacial score (nSPS) is 12.0. The first-order chi connectivity index (χ1) is 9.24. The van der Waals surface area contributed by atoms with Crippen LogP contribution in [-0.4, -0.2) is 18.1 Å². The molecule has 1 N–H and O–H groups in total. The summed E-state index contributed by atoms with van der Waals surface area (Å²) in [4.78, 5) is 2.48. The van der Waals surface area contributed by atoms with Crippen LogP contribution in [-0.2, 0) is 6.54 Å². The molecule has 0 aliphatic carbocycles. The second kappa shape index (κ2) is 7.12. The SMILES string of the molecule is CCCN(c1ccc(CNC(C)(C)C)c(C)c1)C(C)C. The molecule has 2 heteroatoms. The fourth-order valence-electron chi connectivity index (χ4n) is 2.34. The average molecular weight is 276 g/mol. The van der Waals surface area contributed by atoms with Crippen molar-refractivity contribution in [2.24, 2.45) is 0 Å². The van der Waals surface area contributed by atoms with Gasteiger partial charge in [-0.05, 0) is 71.2 Å². The molecule has 0 atom stereocenters. The highest BCUT2D eigenvalue weighted by atomic mass is 15.1. The maximum atomic E-state index is 3.56. The molecule has 1 aromatic carbocycles. The van der Waals surface area contributed by atoms with Crippen LogP contribution in [0.3, 0.4) is 0 Å². The summed E-state index contributed by atoms with van der Waals surface area (Å²) in [6.45, 7) is 17.7. The first-order valence-electron chi connectivity index (χ1n) is 7.85. The summed E-state index contributed by atoms with van der Waals surface area (Å²) in [5.74, 6) is 0. The van der Waals surface area contributed by atoms with Gasteiger partial charge in [0.2, 0.25) is 0 Å². The number of anilines is 1. The van der Waals surface area contributed by atoms with Crippen molar-refractivity contribution in [1.82, 2.24) is 5.32 Å². The van der Waals surface area contributed by atoms with Crippen LogP contribution in [0.2, 0.25) is 0 Å². The number of nitrogens with one attached hydrogen (secondary N) is 1. The van der Waals surface area contributed by atoms with Gasteiger partial charge in [-0.3, -0.25) is 0 Å². The molecule has 2 nitrogen and oxygen atoms in total. The van der Waals surface area contributed by atoms with E-state index in [0.717, 1.165) is 13.1 Å². The minimum Gasteiger partial charge on any atom is -0.369 e. The van der Waals surface area contributed by atoms with Crippen molar-refractivity contribution in [3.8, 4) is 0 Å². The molecule has 0 unspecified atom stereocenters. The van der Waals surface area contributed by atoms with E-state index in [2.05, 4.69) is 76.9 Å². The Kier molecular flexibility index (Phi) is 6.07. The zero-order valence-electron chi connectivity index (χ0n) is 14.4. The molecule has 0 heterocycles. The summed E-state index contributed by atoms with van der Waals surface area (Å²) in [6.07, 6.45) is 1.19. The van der Waals surface area contributed by atoms with Gasteiger partial charge in [-0.15, -0.1) is 0 Å². The summed E-state index contributed by atoms with van der Waals surface area (Å²) in [5.41, 5.74) is 4.28. The summed E-state index contributed by atoms with van der Waals surface area (Å²) in [5, 5.41) is 3.56. The lowest BCUT2D eigenvalue weighted by atomic mass is 10.0. The van der Waals surface area contributed by atoms with E-state index in [1.165, 1.54) is 23.2 Å². The van der Waals surface area contributed by atoms with Crippen molar-refractivity contribution in [1.29, 1.82) is 0 Å². The Morgan fingerprint density at radius 1 is 1.20 bits per heavy atom. The Bertz CT molecular complexity index is 416. The van der Waals surface area contributed by atoms with E-state index in [-0.39, 0.29) is 5.54 Å². The number of benzene rings is 1. The minimum atomic E-state index is 0.164. The number of rotatable bonds is 6. The van der Waals surface area contributed by atoms with E-state index >= 15 is 0 Å².